The molecule has 0 aromatic heterocycles. The van der Waals surface area contributed by atoms with E-state index in [9.17, 15) is 18.0 Å². The third-order valence-electron chi connectivity index (χ3n) is 6.80. The Morgan fingerprint density at radius 2 is 1.54 bits per heavy atom. The molecule has 0 unspecified atom stereocenters. The first-order valence-electron chi connectivity index (χ1n) is 13.2. The second-order valence-electron chi connectivity index (χ2n) is 10.1. The topological polar surface area (TPSA) is 86.8 Å². The highest BCUT2D eigenvalue weighted by Gasteiger charge is 2.33. The van der Waals surface area contributed by atoms with E-state index >= 15 is 0 Å². The first-order valence-corrected chi connectivity index (χ1v) is 14.7. The van der Waals surface area contributed by atoms with Crippen molar-refractivity contribution in [3.8, 4) is 0 Å². The Hall–Kier alpha value is -3.65. The average molecular weight is 550 g/mol. The normalized spacial score (nSPS) is 12.2. The Morgan fingerprint density at radius 1 is 0.897 bits per heavy atom. The molecule has 1 N–H and O–H groups in total. The Balaban J connectivity index is 2.07. The molecule has 0 radical (unpaired) electrons. The van der Waals surface area contributed by atoms with E-state index in [1.165, 1.54) is 11.9 Å². The van der Waals surface area contributed by atoms with Gasteiger partial charge in [-0.1, -0.05) is 80.4 Å². The van der Waals surface area contributed by atoms with E-state index in [1.807, 2.05) is 57.2 Å². The zero-order chi connectivity index (χ0) is 28.7. The summed E-state index contributed by atoms with van der Waals surface area (Å²) >= 11 is 0. The SMILES string of the molecule is CC[C@H](C(=O)NC)N(Cc1cccc(C)c1)C(=O)CN(c1ccc(C(C)C)cc1)S(=O)(=O)c1ccc(C)cc1. The van der Waals surface area contributed by atoms with Crippen LogP contribution in [0, 0.1) is 13.8 Å². The Bertz CT molecular complexity index is 1380. The summed E-state index contributed by atoms with van der Waals surface area (Å²) in [6.45, 7) is 9.53. The Kier molecular flexibility index (Phi) is 9.92. The van der Waals surface area contributed by atoms with Crippen molar-refractivity contribution >= 4 is 27.5 Å². The van der Waals surface area contributed by atoms with Gasteiger partial charge >= 0.3 is 0 Å². The van der Waals surface area contributed by atoms with Crippen molar-refractivity contribution in [3.63, 3.8) is 0 Å². The molecule has 2 amide bonds. The van der Waals surface area contributed by atoms with Crippen LogP contribution in [0.3, 0.4) is 0 Å². The maximum absolute atomic E-state index is 14.0. The molecule has 0 saturated carbocycles. The van der Waals surface area contributed by atoms with Gasteiger partial charge in [0.15, 0.2) is 0 Å². The van der Waals surface area contributed by atoms with Gasteiger partial charge in [0, 0.05) is 13.6 Å². The lowest BCUT2D eigenvalue weighted by molar-refractivity contribution is -0.140. The van der Waals surface area contributed by atoms with E-state index in [1.54, 1.807) is 36.4 Å². The Labute approximate surface area is 232 Å². The summed E-state index contributed by atoms with van der Waals surface area (Å²) in [6.07, 6.45) is 0.380. The molecule has 0 aliphatic heterocycles. The van der Waals surface area contributed by atoms with Crippen LogP contribution < -0.4 is 9.62 Å². The number of hydrogen-bond donors (Lipinski definition) is 1. The maximum atomic E-state index is 14.0. The van der Waals surface area contributed by atoms with Gasteiger partial charge in [-0.15, -0.1) is 0 Å². The number of anilines is 1. The fraction of sp³-hybridized carbons (Fsp3) is 0.355. The zero-order valence-corrected chi connectivity index (χ0v) is 24.5. The molecular formula is C31H39N3O4S. The van der Waals surface area contributed by atoms with Crippen molar-refractivity contribution in [1.29, 1.82) is 0 Å². The second kappa shape index (κ2) is 12.9. The summed E-state index contributed by atoms with van der Waals surface area (Å²) in [6, 6.07) is 20.8. The fourth-order valence-electron chi connectivity index (χ4n) is 4.48. The van der Waals surface area contributed by atoms with E-state index in [-0.39, 0.29) is 23.3 Å². The van der Waals surface area contributed by atoms with Crippen molar-refractivity contribution < 1.29 is 18.0 Å². The van der Waals surface area contributed by atoms with Crippen LogP contribution in [-0.4, -0.2) is 44.8 Å². The third-order valence-corrected chi connectivity index (χ3v) is 8.59. The molecule has 0 aliphatic carbocycles. The molecule has 0 fully saturated rings. The van der Waals surface area contributed by atoms with Gasteiger partial charge in [0.05, 0.1) is 10.6 Å². The molecule has 3 aromatic rings. The van der Waals surface area contributed by atoms with Crippen LogP contribution in [0.25, 0.3) is 0 Å². The number of amides is 2. The van der Waals surface area contributed by atoms with Crippen molar-refractivity contribution in [2.24, 2.45) is 0 Å². The van der Waals surface area contributed by atoms with Crippen molar-refractivity contribution in [2.75, 3.05) is 17.9 Å². The van der Waals surface area contributed by atoms with E-state index in [4.69, 9.17) is 0 Å². The van der Waals surface area contributed by atoms with Crippen LogP contribution in [0.2, 0.25) is 0 Å². The van der Waals surface area contributed by atoms with Crippen LogP contribution in [0.1, 0.15) is 55.4 Å². The number of likely N-dealkylation sites (N-methyl/N-ethyl adjacent to an activating group) is 1. The smallest absolute Gasteiger partial charge is 0.264 e. The predicted molar refractivity (Wildman–Crippen MR) is 156 cm³/mol. The molecule has 39 heavy (non-hydrogen) atoms. The number of hydrogen-bond acceptors (Lipinski definition) is 4. The molecule has 7 nitrogen and oxygen atoms in total. The highest BCUT2D eigenvalue weighted by atomic mass is 32.2. The van der Waals surface area contributed by atoms with Gasteiger partial charge < -0.3 is 10.2 Å². The predicted octanol–water partition coefficient (Wildman–Crippen LogP) is 5.18. The quantitative estimate of drug-likeness (QED) is 0.357. The summed E-state index contributed by atoms with van der Waals surface area (Å²) in [7, 11) is -2.55. The van der Waals surface area contributed by atoms with Crippen LogP contribution in [0.4, 0.5) is 5.69 Å². The number of sulfonamides is 1. The maximum Gasteiger partial charge on any atom is 0.264 e. The van der Waals surface area contributed by atoms with E-state index in [0.717, 1.165) is 26.6 Å². The highest BCUT2D eigenvalue weighted by Crippen LogP contribution is 2.27. The number of benzene rings is 3. The van der Waals surface area contributed by atoms with Crippen LogP contribution in [-0.2, 0) is 26.2 Å². The standard InChI is InChI=1S/C31H39N3O4S/c1-7-29(31(36)32-6)33(20-25-10-8-9-24(5)19-25)30(35)21-34(27-15-13-26(14-16-27)22(2)3)39(37,38)28-17-11-23(4)12-18-28/h8-19,22,29H,7,20-21H2,1-6H3,(H,32,36)/t29-/m1/s1. The number of carbonyl (C=O) groups is 2. The van der Waals surface area contributed by atoms with E-state index in [0.29, 0.717) is 12.1 Å². The lowest BCUT2D eigenvalue weighted by Gasteiger charge is -2.33. The van der Waals surface area contributed by atoms with Crippen LogP contribution in [0.15, 0.2) is 77.7 Å². The Morgan fingerprint density at radius 3 is 2.08 bits per heavy atom. The summed E-state index contributed by atoms with van der Waals surface area (Å²) in [5.41, 5.74) is 4.27. The summed E-state index contributed by atoms with van der Waals surface area (Å²) in [5.74, 6) is -0.492. The molecule has 3 aromatic carbocycles. The number of rotatable bonds is 11. The van der Waals surface area contributed by atoms with Crippen molar-refractivity contribution in [1.82, 2.24) is 10.2 Å². The molecule has 8 heteroatoms. The van der Waals surface area contributed by atoms with Crippen LogP contribution in [0.5, 0.6) is 0 Å². The van der Waals surface area contributed by atoms with Crippen LogP contribution >= 0.6 is 0 Å². The first kappa shape index (κ1) is 29.9. The molecule has 0 bridgehead atoms. The van der Waals surface area contributed by atoms with Gasteiger partial charge in [0.1, 0.15) is 12.6 Å². The van der Waals surface area contributed by atoms with Crippen molar-refractivity contribution in [3.05, 3.63) is 95.1 Å². The highest BCUT2D eigenvalue weighted by molar-refractivity contribution is 7.92. The van der Waals surface area contributed by atoms with E-state index < -0.39 is 28.5 Å². The molecule has 0 aliphatic rings. The number of nitrogens with zero attached hydrogens (tertiary/aromatic N) is 2. The molecular weight excluding hydrogens is 510 g/mol. The second-order valence-corrected chi connectivity index (χ2v) is 12.0. The van der Waals surface area contributed by atoms with Gasteiger partial charge in [-0.05, 0) is 61.6 Å². The largest absolute Gasteiger partial charge is 0.357 e. The average Bonchev–Trinajstić information content (AvgIpc) is 2.91. The summed E-state index contributed by atoms with van der Waals surface area (Å²) in [4.78, 5) is 28.4. The fourth-order valence-corrected chi connectivity index (χ4v) is 5.90. The minimum Gasteiger partial charge on any atom is -0.357 e. The monoisotopic (exact) mass is 549 g/mol. The number of nitrogens with one attached hydrogen (secondary N) is 1. The summed E-state index contributed by atoms with van der Waals surface area (Å²) < 4.78 is 29.0. The van der Waals surface area contributed by atoms with Gasteiger partial charge in [-0.2, -0.15) is 0 Å². The molecule has 1 atom stereocenters. The van der Waals surface area contributed by atoms with Gasteiger partial charge in [0.2, 0.25) is 11.8 Å². The third kappa shape index (κ3) is 7.26. The lowest BCUT2D eigenvalue weighted by Crippen LogP contribution is -2.51. The molecule has 3 rings (SSSR count). The van der Waals surface area contributed by atoms with Gasteiger partial charge in [-0.25, -0.2) is 8.42 Å². The van der Waals surface area contributed by atoms with Gasteiger partial charge in [0.25, 0.3) is 10.0 Å². The lowest BCUT2D eigenvalue weighted by atomic mass is 10.0. The zero-order valence-electron chi connectivity index (χ0n) is 23.6. The van der Waals surface area contributed by atoms with E-state index in [2.05, 4.69) is 19.2 Å². The molecule has 208 valence electrons. The minimum absolute atomic E-state index is 0.0948. The van der Waals surface area contributed by atoms with Gasteiger partial charge in [-0.3, -0.25) is 13.9 Å². The molecule has 0 spiro atoms. The molecule has 0 saturated heterocycles. The molecule has 0 heterocycles. The summed E-state index contributed by atoms with van der Waals surface area (Å²) in [5, 5.41) is 2.65. The first-order chi connectivity index (χ1) is 18.5. The van der Waals surface area contributed by atoms with Crippen molar-refractivity contribution in [2.45, 2.75) is 64.4 Å². The number of carbonyl (C=O) groups excluding carboxylic acids is 2. The minimum atomic E-state index is -4.09. The number of aryl methyl sites for hydroxylation is 2.